The molecule has 0 atom stereocenters. The van der Waals surface area contributed by atoms with E-state index in [1.54, 1.807) is 4.68 Å². The second-order valence-electron chi connectivity index (χ2n) is 4.37. The Labute approximate surface area is 112 Å². The zero-order valence-corrected chi connectivity index (χ0v) is 11.4. The van der Waals surface area contributed by atoms with Crippen molar-refractivity contribution in [3.8, 4) is 0 Å². The number of halogens is 1. The third kappa shape index (κ3) is 2.57. The van der Waals surface area contributed by atoms with Gasteiger partial charge in [0.25, 0.3) is 0 Å². The minimum Gasteiger partial charge on any atom is -0.391 e. The molecule has 0 saturated heterocycles. The molecular formula is C14H17ClN2O. The Balaban J connectivity index is 2.32. The van der Waals surface area contributed by atoms with Crippen LogP contribution in [0.3, 0.4) is 0 Å². The van der Waals surface area contributed by atoms with Crippen LogP contribution in [-0.2, 0) is 19.6 Å². The molecule has 0 radical (unpaired) electrons. The Hall–Kier alpha value is -1.32. The van der Waals surface area contributed by atoms with Crippen LogP contribution in [0.5, 0.6) is 0 Å². The fraction of sp³-hybridized carbons (Fsp3) is 0.357. The summed E-state index contributed by atoms with van der Waals surface area (Å²) in [5.41, 5.74) is 3.99. The fourth-order valence-corrected chi connectivity index (χ4v) is 2.32. The van der Waals surface area contributed by atoms with Crippen molar-refractivity contribution in [3.63, 3.8) is 0 Å². The second kappa shape index (κ2) is 5.55. The Morgan fingerprint density at radius 1 is 1.39 bits per heavy atom. The summed E-state index contributed by atoms with van der Waals surface area (Å²) in [5, 5.41) is 14.3. The van der Waals surface area contributed by atoms with Gasteiger partial charge in [-0.15, -0.1) is 0 Å². The van der Waals surface area contributed by atoms with Crippen LogP contribution < -0.4 is 0 Å². The first-order valence-electron chi connectivity index (χ1n) is 6.06. The Kier molecular flexibility index (Phi) is 4.04. The average molecular weight is 265 g/mol. The summed E-state index contributed by atoms with van der Waals surface area (Å²) in [4.78, 5) is 0. The van der Waals surface area contributed by atoms with Gasteiger partial charge in [-0.2, -0.15) is 5.10 Å². The molecule has 96 valence electrons. The first-order chi connectivity index (χ1) is 8.65. The third-order valence-electron chi connectivity index (χ3n) is 2.97. The number of hydrogen-bond donors (Lipinski definition) is 1. The highest BCUT2D eigenvalue weighted by Gasteiger charge is 2.14. The molecule has 0 aliphatic rings. The Morgan fingerprint density at radius 3 is 2.72 bits per heavy atom. The van der Waals surface area contributed by atoms with E-state index < -0.39 is 0 Å². The molecule has 2 aromatic rings. The van der Waals surface area contributed by atoms with Crippen molar-refractivity contribution in [1.82, 2.24) is 9.78 Å². The highest BCUT2D eigenvalue weighted by atomic mass is 35.5. The first-order valence-corrected chi connectivity index (χ1v) is 6.44. The van der Waals surface area contributed by atoms with E-state index >= 15 is 0 Å². The van der Waals surface area contributed by atoms with Crippen LogP contribution in [-0.4, -0.2) is 14.9 Å². The number of aromatic nitrogens is 2. The fourth-order valence-electron chi connectivity index (χ4n) is 2.05. The van der Waals surface area contributed by atoms with Crippen molar-refractivity contribution in [2.45, 2.75) is 33.4 Å². The minimum atomic E-state index is -0.0597. The van der Waals surface area contributed by atoms with E-state index in [0.29, 0.717) is 11.7 Å². The van der Waals surface area contributed by atoms with E-state index in [2.05, 4.69) is 30.2 Å². The smallest absolute Gasteiger partial charge is 0.133 e. The van der Waals surface area contributed by atoms with Crippen molar-refractivity contribution < 1.29 is 5.11 Å². The summed E-state index contributed by atoms with van der Waals surface area (Å²) < 4.78 is 1.75. The summed E-state index contributed by atoms with van der Waals surface area (Å²) in [6, 6.07) is 8.25. The van der Waals surface area contributed by atoms with Crippen LogP contribution >= 0.6 is 11.6 Å². The van der Waals surface area contributed by atoms with E-state index in [4.69, 9.17) is 11.6 Å². The van der Waals surface area contributed by atoms with E-state index in [1.807, 2.05) is 13.0 Å². The second-order valence-corrected chi connectivity index (χ2v) is 4.73. The van der Waals surface area contributed by atoms with E-state index in [9.17, 15) is 5.11 Å². The van der Waals surface area contributed by atoms with Crippen molar-refractivity contribution in [2.24, 2.45) is 0 Å². The van der Waals surface area contributed by atoms with Crippen molar-refractivity contribution in [2.75, 3.05) is 0 Å². The van der Waals surface area contributed by atoms with Gasteiger partial charge in [-0.05, 0) is 18.9 Å². The van der Waals surface area contributed by atoms with E-state index in [-0.39, 0.29) is 6.61 Å². The Morgan fingerprint density at radius 2 is 2.17 bits per heavy atom. The van der Waals surface area contributed by atoms with Gasteiger partial charge in [-0.3, -0.25) is 0 Å². The average Bonchev–Trinajstić information content (AvgIpc) is 2.66. The molecule has 1 aromatic heterocycles. The summed E-state index contributed by atoms with van der Waals surface area (Å²) >= 11 is 6.24. The lowest BCUT2D eigenvalue weighted by molar-refractivity contribution is 0.280. The molecule has 1 N–H and O–H groups in total. The third-order valence-corrected chi connectivity index (χ3v) is 3.40. The molecule has 0 spiro atoms. The summed E-state index contributed by atoms with van der Waals surface area (Å²) in [5.74, 6) is 0. The molecule has 0 fully saturated rings. The SMILES string of the molecule is CCc1nn(Cc2cccc(C)c2)c(Cl)c1CO. The van der Waals surface area contributed by atoms with Crippen molar-refractivity contribution >= 4 is 11.6 Å². The van der Waals surface area contributed by atoms with Gasteiger partial charge in [0, 0.05) is 5.56 Å². The van der Waals surface area contributed by atoms with Gasteiger partial charge in [0.2, 0.25) is 0 Å². The zero-order chi connectivity index (χ0) is 13.1. The van der Waals surface area contributed by atoms with Crippen LogP contribution in [0.25, 0.3) is 0 Å². The van der Waals surface area contributed by atoms with Crippen LogP contribution in [0.15, 0.2) is 24.3 Å². The molecule has 0 amide bonds. The molecule has 1 heterocycles. The molecule has 0 bridgehead atoms. The summed E-state index contributed by atoms with van der Waals surface area (Å²) in [6.45, 7) is 4.64. The zero-order valence-electron chi connectivity index (χ0n) is 10.7. The van der Waals surface area contributed by atoms with Crippen LogP contribution in [0.1, 0.15) is 29.3 Å². The maximum Gasteiger partial charge on any atom is 0.133 e. The lowest BCUT2D eigenvalue weighted by atomic mass is 10.1. The predicted octanol–water partition coefficient (Wildman–Crippen LogP) is 2.95. The number of aliphatic hydroxyl groups excluding tert-OH is 1. The maximum absolute atomic E-state index is 9.32. The molecule has 3 nitrogen and oxygen atoms in total. The molecule has 0 aliphatic heterocycles. The molecule has 0 unspecified atom stereocenters. The number of nitrogens with zero attached hydrogens (tertiary/aromatic N) is 2. The summed E-state index contributed by atoms with van der Waals surface area (Å²) in [6.07, 6.45) is 0.774. The quantitative estimate of drug-likeness (QED) is 0.922. The molecule has 1 aromatic carbocycles. The molecule has 2 rings (SSSR count). The maximum atomic E-state index is 9.32. The van der Waals surface area contributed by atoms with Gasteiger partial charge in [0.05, 0.1) is 18.8 Å². The highest BCUT2D eigenvalue weighted by Crippen LogP contribution is 2.21. The topological polar surface area (TPSA) is 38.0 Å². The van der Waals surface area contributed by atoms with E-state index in [1.165, 1.54) is 5.56 Å². The van der Waals surface area contributed by atoms with Gasteiger partial charge < -0.3 is 5.11 Å². The summed E-state index contributed by atoms with van der Waals surface area (Å²) in [7, 11) is 0. The Bertz CT molecular complexity index is 549. The molecule has 18 heavy (non-hydrogen) atoms. The van der Waals surface area contributed by atoms with Gasteiger partial charge in [0.1, 0.15) is 5.15 Å². The predicted molar refractivity (Wildman–Crippen MR) is 72.8 cm³/mol. The standard InChI is InChI=1S/C14H17ClN2O/c1-3-13-12(9-18)14(15)17(16-13)8-11-6-4-5-10(2)7-11/h4-7,18H,3,8-9H2,1-2H3. The minimum absolute atomic E-state index is 0.0597. The largest absolute Gasteiger partial charge is 0.391 e. The van der Waals surface area contributed by atoms with Crippen molar-refractivity contribution in [3.05, 3.63) is 51.8 Å². The number of hydrogen-bond acceptors (Lipinski definition) is 2. The van der Waals surface area contributed by atoms with Gasteiger partial charge >= 0.3 is 0 Å². The molecule has 0 aliphatic carbocycles. The normalized spacial score (nSPS) is 10.9. The van der Waals surface area contributed by atoms with Gasteiger partial charge in [0.15, 0.2) is 0 Å². The first kappa shape index (κ1) is 13.1. The van der Waals surface area contributed by atoms with E-state index in [0.717, 1.165) is 23.2 Å². The lowest BCUT2D eigenvalue weighted by Crippen LogP contribution is -2.02. The van der Waals surface area contributed by atoms with Crippen LogP contribution in [0.4, 0.5) is 0 Å². The monoisotopic (exact) mass is 264 g/mol. The van der Waals surface area contributed by atoms with Gasteiger partial charge in [-0.25, -0.2) is 4.68 Å². The number of aryl methyl sites for hydroxylation is 2. The molecule has 0 saturated carbocycles. The number of rotatable bonds is 4. The number of benzene rings is 1. The van der Waals surface area contributed by atoms with Crippen LogP contribution in [0, 0.1) is 6.92 Å². The van der Waals surface area contributed by atoms with Crippen LogP contribution in [0.2, 0.25) is 5.15 Å². The van der Waals surface area contributed by atoms with Crippen molar-refractivity contribution in [1.29, 1.82) is 0 Å². The molecular weight excluding hydrogens is 248 g/mol. The number of aliphatic hydroxyl groups is 1. The van der Waals surface area contributed by atoms with Gasteiger partial charge in [-0.1, -0.05) is 48.4 Å². The lowest BCUT2D eigenvalue weighted by Gasteiger charge is -2.04. The molecule has 4 heteroatoms. The highest BCUT2D eigenvalue weighted by molar-refractivity contribution is 6.30.